The van der Waals surface area contributed by atoms with Crippen molar-refractivity contribution in [3.8, 4) is 0 Å². The first-order chi connectivity index (χ1) is 6.52. The number of rotatable bonds is 8. The van der Waals surface area contributed by atoms with Crippen LogP contribution in [0.4, 0.5) is 0 Å². The minimum atomic E-state index is -2.24. The zero-order valence-corrected chi connectivity index (χ0v) is 9.03. The van der Waals surface area contributed by atoms with E-state index in [4.69, 9.17) is 10.2 Å². The Labute approximate surface area is 83.4 Å². The van der Waals surface area contributed by atoms with Crippen LogP contribution in [0.1, 0.15) is 13.8 Å². The molecule has 0 aliphatic heterocycles. The minimum Gasteiger partial charge on any atom is -0.379 e. The lowest BCUT2D eigenvalue weighted by atomic mass is 10.7. The van der Waals surface area contributed by atoms with Gasteiger partial charge in [0.05, 0.1) is 0 Å². The molecule has 0 heterocycles. The van der Waals surface area contributed by atoms with Crippen molar-refractivity contribution in [2.24, 2.45) is 0 Å². The Hall–Kier alpha value is -0.140. The normalized spacial score (nSPS) is 16.4. The topological polar surface area (TPSA) is 100 Å². The van der Waals surface area contributed by atoms with Gasteiger partial charge in [0, 0.05) is 4.57 Å². The van der Waals surface area contributed by atoms with Gasteiger partial charge in [-0.2, -0.15) is 0 Å². The van der Waals surface area contributed by atoms with Crippen molar-refractivity contribution in [2.75, 3.05) is 13.5 Å². The molecule has 8 heteroatoms. The van der Waals surface area contributed by atoms with Gasteiger partial charge >= 0.3 is 8.25 Å². The van der Waals surface area contributed by atoms with E-state index in [0.29, 0.717) is 0 Å². The first-order valence-corrected chi connectivity index (χ1v) is 5.18. The van der Waals surface area contributed by atoms with Gasteiger partial charge in [-0.15, -0.1) is 9.05 Å². The molecular formula is C6H16N2O5P+. The Kier molecular flexibility index (Phi) is 8.11. The fourth-order valence-electron chi connectivity index (χ4n) is 0.458. The lowest BCUT2D eigenvalue weighted by molar-refractivity contribution is 0.0991. The smallest absolute Gasteiger partial charge is 0.379 e. The Bertz CT molecular complexity index is 150. The van der Waals surface area contributed by atoms with Gasteiger partial charge in [0.1, 0.15) is 12.5 Å². The molecule has 0 aromatic heterocycles. The molecule has 0 spiro atoms. The minimum absolute atomic E-state index is 0.0679. The average molecular weight is 227 g/mol. The molecule has 0 amide bonds. The monoisotopic (exact) mass is 227 g/mol. The number of aliphatic hydroxyl groups excluding tert-OH is 2. The summed E-state index contributed by atoms with van der Waals surface area (Å²) in [6, 6.07) is 0. The number of aliphatic hydroxyl groups is 2. The van der Waals surface area contributed by atoms with Gasteiger partial charge in [-0.1, -0.05) is 0 Å². The van der Waals surface area contributed by atoms with Gasteiger partial charge in [0.15, 0.2) is 13.5 Å². The third-order valence-corrected chi connectivity index (χ3v) is 1.78. The summed E-state index contributed by atoms with van der Waals surface area (Å²) in [5.41, 5.74) is 0. The van der Waals surface area contributed by atoms with E-state index in [-0.39, 0.29) is 13.5 Å². The third kappa shape index (κ3) is 9.94. The molecule has 0 aromatic carbocycles. The maximum Gasteiger partial charge on any atom is 0.700 e. The molecule has 0 rings (SSSR count). The largest absolute Gasteiger partial charge is 0.700 e. The van der Waals surface area contributed by atoms with Crippen molar-refractivity contribution < 1.29 is 23.8 Å². The van der Waals surface area contributed by atoms with E-state index in [1.54, 1.807) is 0 Å². The molecule has 0 bridgehead atoms. The van der Waals surface area contributed by atoms with Crippen molar-refractivity contribution in [3.05, 3.63) is 0 Å². The van der Waals surface area contributed by atoms with Crippen LogP contribution in [0.25, 0.3) is 0 Å². The summed E-state index contributed by atoms with van der Waals surface area (Å²) in [4.78, 5) is 0. The Morgan fingerprint density at radius 1 is 1.14 bits per heavy atom. The summed E-state index contributed by atoms with van der Waals surface area (Å²) in [7, 11) is -2.24. The van der Waals surface area contributed by atoms with E-state index in [0.717, 1.165) is 0 Å². The van der Waals surface area contributed by atoms with E-state index in [1.165, 1.54) is 13.8 Å². The fourth-order valence-corrected chi connectivity index (χ4v) is 0.893. The summed E-state index contributed by atoms with van der Waals surface area (Å²) >= 11 is 0. The molecule has 0 aliphatic rings. The van der Waals surface area contributed by atoms with Crippen LogP contribution >= 0.6 is 8.25 Å². The number of hydrogen-bond acceptors (Lipinski definition) is 7. The second-order valence-electron chi connectivity index (χ2n) is 2.53. The Morgan fingerprint density at radius 2 is 1.50 bits per heavy atom. The standard InChI is InChI=1S/C6H16N2O5P/c1-5(9)7-3-12-14(11)13-4-8-6(2)10/h5-10H,3-4H2,1-2H3/q+1. The third-order valence-electron chi connectivity index (χ3n) is 1.10. The second kappa shape index (κ2) is 8.19. The van der Waals surface area contributed by atoms with Crippen LogP contribution in [0.5, 0.6) is 0 Å². The maximum atomic E-state index is 10.9. The predicted molar refractivity (Wildman–Crippen MR) is 49.1 cm³/mol. The van der Waals surface area contributed by atoms with E-state index >= 15 is 0 Å². The molecule has 0 fully saturated rings. The zero-order valence-electron chi connectivity index (χ0n) is 8.14. The van der Waals surface area contributed by atoms with E-state index in [9.17, 15) is 4.57 Å². The van der Waals surface area contributed by atoms with Crippen LogP contribution in [0.3, 0.4) is 0 Å². The lowest BCUT2D eigenvalue weighted by Crippen LogP contribution is -2.28. The second-order valence-corrected chi connectivity index (χ2v) is 3.49. The summed E-state index contributed by atoms with van der Waals surface area (Å²) in [5, 5.41) is 22.4. The van der Waals surface area contributed by atoms with Gasteiger partial charge < -0.3 is 10.2 Å². The summed E-state index contributed by atoms with van der Waals surface area (Å²) in [6.45, 7) is 2.88. The fraction of sp³-hybridized carbons (Fsp3) is 1.00. The van der Waals surface area contributed by atoms with Crippen LogP contribution in [-0.4, -0.2) is 36.1 Å². The first kappa shape index (κ1) is 13.9. The highest BCUT2D eigenvalue weighted by atomic mass is 31.1. The van der Waals surface area contributed by atoms with Crippen LogP contribution in [0.15, 0.2) is 0 Å². The number of hydrogen-bond donors (Lipinski definition) is 4. The van der Waals surface area contributed by atoms with Crippen molar-refractivity contribution in [2.45, 2.75) is 26.3 Å². The highest BCUT2D eigenvalue weighted by molar-refractivity contribution is 7.33. The van der Waals surface area contributed by atoms with Crippen molar-refractivity contribution in [1.29, 1.82) is 0 Å². The van der Waals surface area contributed by atoms with Crippen LogP contribution in [0.2, 0.25) is 0 Å². The van der Waals surface area contributed by atoms with Crippen molar-refractivity contribution in [1.82, 2.24) is 10.6 Å². The first-order valence-electron chi connectivity index (χ1n) is 4.08. The van der Waals surface area contributed by atoms with Crippen LogP contribution < -0.4 is 10.6 Å². The quantitative estimate of drug-likeness (QED) is 0.326. The molecule has 0 saturated heterocycles. The molecule has 2 unspecified atom stereocenters. The van der Waals surface area contributed by atoms with E-state index in [1.807, 2.05) is 0 Å². The molecule has 4 N–H and O–H groups in total. The van der Waals surface area contributed by atoms with Gasteiger partial charge in [-0.05, 0) is 13.8 Å². The molecule has 2 atom stereocenters. The Morgan fingerprint density at radius 3 is 1.79 bits per heavy atom. The van der Waals surface area contributed by atoms with Crippen LogP contribution in [-0.2, 0) is 13.6 Å². The molecule has 0 radical (unpaired) electrons. The SMILES string of the molecule is CC(O)NCO[P+](=O)OCNC(C)O. The summed E-state index contributed by atoms with van der Waals surface area (Å²) in [5.74, 6) is 0. The molecular weight excluding hydrogens is 211 g/mol. The van der Waals surface area contributed by atoms with Gasteiger partial charge in [-0.3, -0.25) is 10.6 Å². The van der Waals surface area contributed by atoms with Gasteiger partial charge in [0.25, 0.3) is 0 Å². The highest BCUT2D eigenvalue weighted by Crippen LogP contribution is 2.21. The maximum absolute atomic E-state index is 10.9. The van der Waals surface area contributed by atoms with Crippen LogP contribution in [0, 0.1) is 0 Å². The highest BCUT2D eigenvalue weighted by Gasteiger charge is 2.19. The summed E-state index contributed by atoms with van der Waals surface area (Å²) < 4.78 is 20.1. The number of nitrogens with one attached hydrogen (secondary N) is 2. The van der Waals surface area contributed by atoms with E-state index < -0.39 is 20.7 Å². The molecule has 0 saturated carbocycles. The summed E-state index contributed by atoms with van der Waals surface area (Å²) in [6.07, 6.45) is -1.46. The predicted octanol–water partition coefficient (Wildman–Crippen LogP) is -0.552. The van der Waals surface area contributed by atoms with Crippen molar-refractivity contribution >= 4 is 8.25 Å². The van der Waals surface area contributed by atoms with E-state index in [2.05, 4.69) is 19.7 Å². The van der Waals surface area contributed by atoms with Gasteiger partial charge in [0.2, 0.25) is 0 Å². The average Bonchev–Trinajstić information content (AvgIpc) is 2.02. The Balaban J connectivity index is 3.28. The lowest BCUT2D eigenvalue weighted by Gasteiger charge is -2.02. The molecule has 84 valence electrons. The molecule has 14 heavy (non-hydrogen) atoms. The van der Waals surface area contributed by atoms with Gasteiger partial charge in [-0.25, -0.2) is 0 Å². The van der Waals surface area contributed by atoms with Crippen molar-refractivity contribution in [3.63, 3.8) is 0 Å². The molecule has 0 aromatic rings. The molecule has 0 aliphatic carbocycles. The zero-order chi connectivity index (χ0) is 11.0. The molecule has 7 nitrogen and oxygen atoms in total.